The summed E-state index contributed by atoms with van der Waals surface area (Å²) in [6, 6.07) is 17.1. The van der Waals surface area contributed by atoms with E-state index in [2.05, 4.69) is 27.3 Å². The highest BCUT2D eigenvalue weighted by Crippen LogP contribution is 2.37. The van der Waals surface area contributed by atoms with Crippen LogP contribution in [-0.2, 0) is 11.3 Å². The Labute approximate surface area is 163 Å². The van der Waals surface area contributed by atoms with Gasteiger partial charge in [-0.3, -0.25) is 4.79 Å². The van der Waals surface area contributed by atoms with Gasteiger partial charge in [0.05, 0.1) is 13.2 Å². The summed E-state index contributed by atoms with van der Waals surface area (Å²) in [4.78, 5) is 17.3. The van der Waals surface area contributed by atoms with Gasteiger partial charge in [-0.1, -0.05) is 49.0 Å². The van der Waals surface area contributed by atoms with Crippen LogP contribution in [0.3, 0.4) is 0 Å². The molecule has 1 aromatic heterocycles. The number of carbonyl (C=O) groups is 1. The van der Waals surface area contributed by atoms with Gasteiger partial charge in [0.2, 0.25) is 11.9 Å². The molecule has 28 heavy (non-hydrogen) atoms. The first kappa shape index (κ1) is 17.8. The molecular weight excluding hydrogens is 354 g/mol. The van der Waals surface area contributed by atoms with Gasteiger partial charge in [0.1, 0.15) is 18.0 Å². The van der Waals surface area contributed by atoms with Gasteiger partial charge >= 0.3 is 0 Å². The maximum absolute atomic E-state index is 13.1. The molecule has 0 unspecified atom stereocenters. The van der Waals surface area contributed by atoms with Crippen molar-refractivity contribution in [2.45, 2.75) is 12.6 Å². The molecule has 1 aliphatic heterocycles. The second-order valence-electron chi connectivity index (χ2n) is 6.58. The minimum atomic E-state index is -0.536. The first-order valence-electron chi connectivity index (χ1n) is 8.98. The van der Waals surface area contributed by atoms with Crippen molar-refractivity contribution in [3.63, 3.8) is 0 Å². The van der Waals surface area contributed by atoms with Gasteiger partial charge in [0.15, 0.2) is 0 Å². The zero-order valence-corrected chi connectivity index (χ0v) is 15.5. The molecule has 0 spiro atoms. The number of nitrogens with one attached hydrogen (secondary N) is 2. The fourth-order valence-electron chi connectivity index (χ4n) is 3.43. The van der Waals surface area contributed by atoms with Crippen molar-refractivity contribution in [2.75, 3.05) is 12.4 Å². The van der Waals surface area contributed by atoms with Crippen LogP contribution in [0.1, 0.15) is 17.2 Å². The molecule has 0 saturated heterocycles. The monoisotopic (exact) mass is 375 g/mol. The molecule has 0 aliphatic carbocycles. The molecule has 142 valence electrons. The summed E-state index contributed by atoms with van der Waals surface area (Å²) in [5, 5.41) is 10.5. The normalized spacial score (nSPS) is 18.1. The Morgan fingerprint density at radius 2 is 1.96 bits per heavy atom. The summed E-state index contributed by atoms with van der Waals surface area (Å²) < 4.78 is 6.98. The van der Waals surface area contributed by atoms with Crippen molar-refractivity contribution in [1.29, 1.82) is 0 Å². The number of methoxy groups -OCH3 is 1. The fourth-order valence-corrected chi connectivity index (χ4v) is 3.43. The summed E-state index contributed by atoms with van der Waals surface area (Å²) in [5.41, 5.74) is 2.55. The first-order valence-corrected chi connectivity index (χ1v) is 8.98. The van der Waals surface area contributed by atoms with Crippen LogP contribution < -0.4 is 15.4 Å². The molecule has 0 saturated carbocycles. The third kappa shape index (κ3) is 3.34. The second kappa shape index (κ2) is 7.56. The van der Waals surface area contributed by atoms with Gasteiger partial charge in [-0.15, -0.1) is 0 Å². The van der Waals surface area contributed by atoms with E-state index in [1.165, 1.54) is 6.33 Å². The molecule has 1 amide bonds. The van der Waals surface area contributed by atoms with Gasteiger partial charge in [-0.05, 0) is 23.3 Å². The maximum Gasteiger partial charge on any atom is 0.231 e. The zero-order chi connectivity index (χ0) is 19.5. The van der Waals surface area contributed by atoms with E-state index < -0.39 is 5.92 Å². The SMILES string of the molecule is C=C1Nc2ncnn2[C@@H](c2ccc(OC)cc2)[C@@H]1C(=O)NCc1ccccc1. The number of ether oxygens (including phenoxy) is 1. The number of fused-ring (bicyclic) bond motifs is 1. The lowest BCUT2D eigenvalue weighted by Gasteiger charge is -2.33. The average Bonchev–Trinajstić information content (AvgIpc) is 3.20. The Morgan fingerprint density at radius 3 is 2.68 bits per heavy atom. The van der Waals surface area contributed by atoms with Gasteiger partial charge in [0.25, 0.3) is 0 Å². The van der Waals surface area contributed by atoms with E-state index in [1.54, 1.807) is 11.8 Å². The predicted molar refractivity (Wildman–Crippen MR) is 106 cm³/mol. The summed E-state index contributed by atoms with van der Waals surface area (Å²) in [6.45, 7) is 4.53. The van der Waals surface area contributed by atoms with Crippen LogP contribution in [0.2, 0.25) is 0 Å². The zero-order valence-electron chi connectivity index (χ0n) is 15.5. The molecule has 4 rings (SSSR count). The van der Waals surface area contributed by atoms with Crippen LogP contribution in [0.15, 0.2) is 73.2 Å². The smallest absolute Gasteiger partial charge is 0.231 e. The third-order valence-corrected chi connectivity index (χ3v) is 4.85. The quantitative estimate of drug-likeness (QED) is 0.717. The lowest BCUT2D eigenvalue weighted by Crippen LogP contribution is -2.42. The van der Waals surface area contributed by atoms with E-state index in [-0.39, 0.29) is 11.9 Å². The molecule has 0 radical (unpaired) electrons. The van der Waals surface area contributed by atoms with E-state index in [4.69, 9.17) is 4.74 Å². The minimum absolute atomic E-state index is 0.122. The number of anilines is 1. The number of hydrogen-bond donors (Lipinski definition) is 2. The molecular formula is C21H21N5O2. The van der Waals surface area contributed by atoms with Gasteiger partial charge in [-0.25, -0.2) is 4.68 Å². The highest BCUT2D eigenvalue weighted by molar-refractivity contribution is 5.84. The molecule has 2 heterocycles. The van der Waals surface area contributed by atoms with Crippen LogP contribution in [-0.4, -0.2) is 27.8 Å². The topological polar surface area (TPSA) is 81.1 Å². The van der Waals surface area contributed by atoms with Crippen LogP contribution in [0.4, 0.5) is 5.95 Å². The number of aromatic nitrogens is 3. The molecule has 7 heteroatoms. The standard InChI is InChI=1S/C21H21N5O2/c1-14-18(20(27)22-12-15-6-4-3-5-7-15)19(26-21(25-14)23-13-24-26)16-8-10-17(28-2)11-9-16/h3-11,13,18-19H,1,12H2,2H3,(H,22,27)(H,23,24,25)/t18-,19+/m1/s1. The molecule has 0 fully saturated rings. The lowest BCUT2D eigenvalue weighted by atomic mass is 9.88. The van der Waals surface area contributed by atoms with E-state index >= 15 is 0 Å². The largest absolute Gasteiger partial charge is 0.497 e. The molecule has 0 bridgehead atoms. The van der Waals surface area contributed by atoms with Crippen molar-refractivity contribution in [3.8, 4) is 5.75 Å². The fraction of sp³-hybridized carbons (Fsp3) is 0.190. The van der Waals surface area contributed by atoms with Crippen molar-refractivity contribution in [2.24, 2.45) is 5.92 Å². The van der Waals surface area contributed by atoms with E-state index in [9.17, 15) is 4.79 Å². The molecule has 2 N–H and O–H groups in total. The summed E-state index contributed by atoms with van der Waals surface area (Å²) in [6.07, 6.45) is 1.47. The highest BCUT2D eigenvalue weighted by Gasteiger charge is 2.39. The molecule has 7 nitrogen and oxygen atoms in total. The Bertz CT molecular complexity index is 982. The second-order valence-corrected chi connectivity index (χ2v) is 6.58. The first-order chi connectivity index (χ1) is 13.7. The van der Waals surface area contributed by atoms with Crippen molar-refractivity contribution >= 4 is 11.9 Å². The maximum atomic E-state index is 13.1. The van der Waals surface area contributed by atoms with E-state index in [0.717, 1.165) is 16.9 Å². The number of nitrogens with zero attached hydrogens (tertiary/aromatic N) is 3. The van der Waals surface area contributed by atoms with Crippen LogP contribution in [0.5, 0.6) is 5.75 Å². The summed E-state index contributed by atoms with van der Waals surface area (Å²) in [5.74, 6) is 0.660. The van der Waals surface area contributed by atoms with Gasteiger partial charge < -0.3 is 15.4 Å². The van der Waals surface area contributed by atoms with Crippen LogP contribution in [0, 0.1) is 5.92 Å². The number of rotatable bonds is 5. The Kier molecular flexibility index (Phi) is 4.80. The molecule has 1 aliphatic rings. The molecule has 2 aromatic carbocycles. The Hall–Kier alpha value is -3.61. The number of benzene rings is 2. The van der Waals surface area contributed by atoms with Gasteiger partial charge in [0, 0.05) is 12.2 Å². The van der Waals surface area contributed by atoms with E-state index in [1.807, 2.05) is 54.6 Å². The number of amides is 1. The summed E-state index contributed by atoms with van der Waals surface area (Å²) in [7, 11) is 1.62. The van der Waals surface area contributed by atoms with Gasteiger partial charge in [-0.2, -0.15) is 10.1 Å². The van der Waals surface area contributed by atoms with Crippen LogP contribution >= 0.6 is 0 Å². The van der Waals surface area contributed by atoms with E-state index in [0.29, 0.717) is 18.2 Å². The lowest BCUT2D eigenvalue weighted by molar-refractivity contribution is -0.125. The summed E-state index contributed by atoms with van der Waals surface area (Å²) >= 11 is 0. The average molecular weight is 375 g/mol. The number of hydrogen-bond acceptors (Lipinski definition) is 5. The molecule has 3 aromatic rings. The predicted octanol–water partition coefficient (Wildman–Crippen LogP) is 2.75. The van der Waals surface area contributed by atoms with Crippen molar-refractivity contribution in [3.05, 3.63) is 84.3 Å². The minimum Gasteiger partial charge on any atom is -0.497 e. The van der Waals surface area contributed by atoms with Crippen LogP contribution in [0.25, 0.3) is 0 Å². The van der Waals surface area contributed by atoms with Crippen molar-refractivity contribution in [1.82, 2.24) is 20.1 Å². The third-order valence-electron chi connectivity index (χ3n) is 4.85. The molecule has 2 atom stereocenters. The highest BCUT2D eigenvalue weighted by atomic mass is 16.5. The Balaban J connectivity index is 1.64. The van der Waals surface area contributed by atoms with Crippen molar-refractivity contribution < 1.29 is 9.53 Å². The Morgan fingerprint density at radius 1 is 1.21 bits per heavy atom. The number of carbonyl (C=O) groups excluding carboxylic acids is 1.